The Hall–Kier alpha value is -1.09. The fourth-order valence-electron chi connectivity index (χ4n) is 3.27. The van der Waals surface area contributed by atoms with Gasteiger partial charge in [0.05, 0.1) is 0 Å². The summed E-state index contributed by atoms with van der Waals surface area (Å²) >= 11 is 0. The van der Waals surface area contributed by atoms with Gasteiger partial charge in [-0.2, -0.15) is 0 Å². The highest BCUT2D eigenvalue weighted by Crippen LogP contribution is 2.21. The maximum atomic E-state index is 3.50. The minimum absolute atomic E-state index is 0. The van der Waals surface area contributed by atoms with Gasteiger partial charge in [-0.05, 0) is 55.7 Å². The highest BCUT2D eigenvalue weighted by molar-refractivity contribution is 5.85. The summed E-state index contributed by atoms with van der Waals surface area (Å²) in [6, 6.07) is 16.1. The van der Waals surface area contributed by atoms with E-state index in [-0.39, 0.29) is 12.4 Å². The summed E-state index contributed by atoms with van der Waals surface area (Å²) < 4.78 is 0. The van der Waals surface area contributed by atoms with Crippen LogP contribution >= 0.6 is 12.4 Å². The monoisotopic (exact) mass is 304 g/mol. The maximum absolute atomic E-state index is 3.50. The number of nitrogens with zero attached hydrogens (tertiary/aromatic N) is 1. The Kier molecular flexibility index (Phi) is 6.04. The Balaban J connectivity index is 0.00000161. The van der Waals surface area contributed by atoms with Crippen molar-refractivity contribution in [2.45, 2.75) is 31.8 Å². The Morgan fingerprint density at radius 3 is 2.76 bits per heavy atom. The van der Waals surface area contributed by atoms with Crippen molar-refractivity contribution in [1.82, 2.24) is 10.2 Å². The molecule has 0 aromatic heterocycles. The van der Waals surface area contributed by atoms with E-state index in [1.54, 1.807) is 0 Å². The number of fused-ring (bicyclic) bond motifs is 1. The Morgan fingerprint density at radius 2 is 1.86 bits per heavy atom. The molecule has 2 nitrogen and oxygen atoms in total. The predicted octanol–water partition coefficient (Wildman–Crippen LogP) is 3.84. The predicted molar refractivity (Wildman–Crippen MR) is 93.2 cm³/mol. The normalized spacial score (nSPS) is 19.2. The number of rotatable bonds is 3. The SMILES string of the molecule is CN(Cc1cccc2ccccc12)C1CCCNCC1.Cl. The Labute approximate surface area is 133 Å². The molecule has 1 heterocycles. The summed E-state index contributed by atoms with van der Waals surface area (Å²) in [7, 11) is 2.28. The fraction of sp³-hybridized carbons (Fsp3) is 0.444. The van der Waals surface area contributed by atoms with Gasteiger partial charge in [-0.25, -0.2) is 0 Å². The summed E-state index contributed by atoms with van der Waals surface area (Å²) in [5, 5.41) is 6.24. The minimum atomic E-state index is 0. The largest absolute Gasteiger partial charge is 0.317 e. The van der Waals surface area contributed by atoms with Crippen LogP contribution < -0.4 is 5.32 Å². The Bertz CT molecular complexity index is 557. The quantitative estimate of drug-likeness (QED) is 0.927. The first-order valence-corrected chi connectivity index (χ1v) is 7.72. The molecule has 3 heteroatoms. The van der Waals surface area contributed by atoms with Crippen LogP contribution in [0.1, 0.15) is 24.8 Å². The van der Waals surface area contributed by atoms with E-state index in [0.717, 1.165) is 13.1 Å². The smallest absolute Gasteiger partial charge is 0.0239 e. The average molecular weight is 305 g/mol. The number of benzene rings is 2. The third-order valence-corrected chi connectivity index (χ3v) is 4.47. The van der Waals surface area contributed by atoms with Crippen molar-refractivity contribution >= 4 is 23.2 Å². The third-order valence-electron chi connectivity index (χ3n) is 4.47. The van der Waals surface area contributed by atoms with Crippen molar-refractivity contribution in [1.29, 1.82) is 0 Å². The van der Waals surface area contributed by atoms with Gasteiger partial charge < -0.3 is 5.32 Å². The lowest BCUT2D eigenvalue weighted by molar-refractivity contribution is 0.217. The van der Waals surface area contributed by atoms with Gasteiger partial charge in [0, 0.05) is 12.6 Å². The molecule has 0 aliphatic carbocycles. The molecule has 0 spiro atoms. The van der Waals surface area contributed by atoms with Gasteiger partial charge in [0.25, 0.3) is 0 Å². The van der Waals surface area contributed by atoms with Crippen LogP contribution in [0.25, 0.3) is 10.8 Å². The molecule has 0 saturated carbocycles. The molecule has 1 aliphatic heterocycles. The van der Waals surface area contributed by atoms with Crippen LogP contribution in [-0.2, 0) is 6.54 Å². The van der Waals surface area contributed by atoms with Crippen molar-refractivity contribution in [2.75, 3.05) is 20.1 Å². The van der Waals surface area contributed by atoms with Crippen molar-refractivity contribution in [3.05, 3.63) is 48.0 Å². The van der Waals surface area contributed by atoms with E-state index in [4.69, 9.17) is 0 Å². The minimum Gasteiger partial charge on any atom is -0.317 e. The lowest BCUT2D eigenvalue weighted by atomic mass is 10.0. The zero-order chi connectivity index (χ0) is 13.8. The summed E-state index contributed by atoms with van der Waals surface area (Å²) in [4.78, 5) is 2.54. The molecule has 1 atom stereocenters. The molecule has 2 aromatic carbocycles. The maximum Gasteiger partial charge on any atom is 0.0239 e. The van der Waals surface area contributed by atoms with E-state index in [2.05, 4.69) is 59.7 Å². The average Bonchev–Trinajstić information content (AvgIpc) is 2.77. The summed E-state index contributed by atoms with van der Waals surface area (Å²) in [6.45, 7) is 3.38. The second-order valence-electron chi connectivity index (χ2n) is 5.89. The molecule has 1 saturated heterocycles. The lowest BCUT2D eigenvalue weighted by Gasteiger charge is -2.27. The standard InChI is InChI=1S/C18H24N2.ClH/c1-20(17-9-5-12-19-13-11-17)14-16-8-4-7-15-6-2-3-10-18(15)16;/h2-4,6-8,10,17,19H,5,9,11-14H2,1H3;1H. The van der Waals surface area contributed by atoms with E-state index >= 15 is 0 Å². The van der Waals surface area contributed by atoms with E-state index < -0.39 is 0 Å². The van der Waals surface area contributed by atoms with Crippen LogP contribution in [-0.4, -0.2) is 31.1 Å². The first-order chi connectivity index (χ1) is 9.84. The van der Waals surface area contributed by atoms with Crippen molar-refractivity contribution in [2.24, 2.45) is 0 Å². The van der Waals surface area contributed by atoms with Crippen molar-refractivity contribution in [3.63, 3.8) is 0 Å². The topological polar surface area (TPSA) is 15.3 Å². The molecular formula is C18H25ClN2. The van der Waals surface area contributed by atoms with E-state index in [0.29, 0.717) is 6.04 Å². The van der Waals surface area contributed by atoms with Gasteiger partial charge in [-0.3, -0.25) is 4.90 Å². The van der Waals surface area contributed by atoms with E-state index in [1.165, 1.54) is 42.1 Å². The Morgan fingerprint density at radius 1 is 1.05 bits per heavy atom. The van der Waals surface area contributed by atoms with Gasteiger partial charge in [0.1, 0.15) is 0 Å². The molecule has 0 radical (unpaired) electrons. The van der Waals surface area contributed by atoms with Crippen LogP contribution in [0.4, 0.5) is 0 Å². The third kappa shape index (κ3) is 3.97. The zero-order valence-electron chi connectivity index (χ0n) is 12.7. The number of nitrogens with one attached hydrogen (secondary N) is 1. The van der Waals surface area contributed by atoms with E-state index in [9.17, 15) is 0 Å². The van der Waals surface area contributed by atoms with Gasteiger partial charge in [0.2, 0.25) is 0 Å². The number of hydrogen-bond donors (Lipinski definition) is 1. The number of halogens is 1. The van der Waals surface area contributed by atoms with Crippen LogP contribution in [0.2, 0.25) is 0 Å². The molecule has 1 aliphatic rings. The molecule has 3 rings (SSSR count). The number of hydrogen-bond acceptors (Lipinski definition) is 2. The van der Waals surface area contributed by atoms with Crippen LogP contribution in [0.15, 0.2) is 42.5 Å². The van der Waals surface area contributed by atoms with Gasteiger partial charge in [-0.15, -0.1) is 12.4 Å². The highest BCUT2D eigenvalue weighted by Gasteiger charge is 2.17. The van der Waals surface area contributed by atoms with Gasteiger partial charge >= 0.3 is 0 Å². The lowest BCUT2D eigenvalue weighted by Crippen LogP contribution is -2.32. The zero-order valence-corrected chi connectivity index (χ0v) is 13.5. The summed E-state index contributed by atoms with van der Waals surface area (Å²) in [6.07, 6.45) is 3.88. The van der Waals surface area contributed by atoms with Crippen LogP contribution in [0, 0.1) is 0 Å². The molecular weight excluding hydrogens is 280 g/mol. The van der Waals surface area contributed by atoms with Crippen molar-refractivity contribution in [3.8, 4) is 0 Å². The second kappa shape index (κ2) is 7.79. The molecule has 0 bridgehead atoms. The van der Waals surface area contributed by atoms with Crippen molar-refractivity contribution < 1.29 is 0 Å². The molecule has 1 unspecified atom stereocenters. The summed E-state index contributed by atoms with van der Waals surface area (Å²) in [5.41, 5.74) is 1.45. The molecule has 21 heavy (non-hydrogen) atoms. The van der Waals surface area contributed by atoms with Gasteiger partial charge in [0.15, 0.2) is 0 Å². The molecule has 0 amide bonds. The second-order valence-corrected chi connectivity index (χ2v) is 5.89. The van der Waals surface area contributed by atoms with Crippen LogP contribution in [0.5, 0.6) is 0 Å². The first-order valence-electron chi connectivity index (χ1n) is 7.72. The van der Waals surface area contributed by atoms with E-state index in [1.807, 2.05) is 0 Å². The molecule has 2 aromatic rings. The van der Waals surface area contributed by atoms with Crippen LogP contribution in [0.3, 0.4) is 0 Å². The first kappa shape index (κ1) is 16.3. The van der Waals surface area contributed by atoms with Gasteiger partial charge in [-0.1, -0.05) is 42.5 Å². The molecule has 1 N–H and O–H groups in total. The molecule has 1 fully saturated rings. The summed E-state index contributed by atoms with van der Waals surface area (Å²) in [5.74, 6) is 0. The fourth-order valence-corrected chi connectivity index (χ4v) is 3.27. The highest BCUT2D eigenvalue weighted by atomic mass is 35.5. The molecule has 114 valence electrons.